The summed E-state index contributed by atoms with van der Waals surface area (Å²) in [5.74, 6) is 1.77. The van der Waals surface area contributed by atoms with Crippen LogP contribution in [0.4, 0.5) is 0 Å². The van der Waals surface area contributed by atoms with Crippen LogP contribution in [0.2, 0.25) is 0 Å². The zero-order chi connectivity index (χ0) is 13.2. The predicted molar refractivity (Wildman–Crippen MR) is 72.9 cm³/mol. The minimum Gasteiger partial charge on any atom is -0.508 e. The summed E-state index contributed by atoms with van der Waals surface area (Å²) in [6.45, 7) is 7.49. The van der Waals surface area contributed by atoms with E-state index in [2.05, 4.69) is 26.1 Å². The molecule has 0 fully saturated rings. The minimum absolute atomic E-state index is 0.264. The molecule has 0 radical (unpaired) electrons. The molecule has 2 rings (SSSR count). The first-order valence-corrected chi connectivity index (χ1v) is 6.74. The summed E-state index contributed by atoms with van der Waals surface area (Å²) in [6, 6.07) is 5.37. The third-order valence-electron chi connectivity index (χ3n) is 3.48. The highest BCUT2D eigenvalue weighted by molar-refractivity contribution is 5.41. The highest BCUT2D eigenvalue weighted by Crippen LogP contribution is 2.34. The maximum Gasteiger partial charge on any atom is 0.158 e. The fourth-order valence-corrected chi connectivity index (χ4v) is 2.26. The zero-order valence-corrected chi connectivity index (χ0v) is 11.5. The Kier molecular flexibility index (Phi) is 3.81. The van der Waals surface area contributed by atoms with Crippen LogP contribution in [0.25, 0.3) is 0 Å². The molecule has 0 aromatic heterocycles. The Morgan fingerprint density at radius 2 is 2.22 bits per heavy atom. The van der Waals surface area contributed by atoms with E-state index >= 15 is 0 Å². The molecule has 1 aromatic rings. The summed E-state index contributed by atoms with van der Waals surface area (Å²) in [5.41, 5.74) is 0.867. The van der Waals surface area contributed by atoms with Crippen LogP contribution < -0.4 is 10.1 Å². The van der Waals surface area contributed by atoms with Crippen molar-refractivity contribution in [1.29, 1.82) is 0 Å². The van der Waals surface area contributed by atoms with Crippen molar-refractivity contribution in [2.24, 2.45) is 5.92 Å². The van der Waals surface area contributed by atoms with Crippen LogP contribution in [0.15, 0.2) is 18.2 Å². The van der Waals surface area contributed by atoms with E-state index in [4.69, 9.17) is 4.74 Å². The van der Waals surface area contributed by atoms with E-state index in [1.165, 1.54) is 5.56 Å². The van der Waals surface area contributed by atoms with Gasteiger partial charge in [0.25, 0.3) is 0 Å². The molecule has 1 heterocycles. The number of phenolic OH excluding ortho intramolecular Hbond substituents is 1. The van der Waals surface area contributed by atoms with Gasteiger partial charge in [-0.05, 0) is 43.9 Å². The number of aromatic hydroxyl groups is 1. The van der Waals surface area contributed by atoms with Gasteiger partial charge in [-0.2, -0.15) is 0 Å². The number of aryl methyl sites for hydroxylation is 1. The standard InChI is InChI=1S/C15H23NO2/c1-11(2)7-9-16-15(3)8-6-12-4-5-13(17)10-14(12)18-15/h4-5,10-11,16-17H,6-9H2,1-3H3. The van der Waals surface area contributed by atoms with Gasteiger partial charge in [-0.1, -0.05) is 19.9 Å². The number of hydrogen-bond acceptors (Lipinski definition) is 3. The van der Waals surface area contributed by atoms with Gasteiger partial charge >= 0.3 is 0 Å². The Hall–Kier alpha value is -1.22. The van der Waals surface area contributed by atoms with Crippen molar-refractivity contribution < 1.29 is 9.84 Å². The summed E-state index contributed by atoms with van der Waals surface area (Å²) in [5, 5.41) is 13.0. The Bertz CT molecular complexity index is 417. The maximum absolute atomic E-state index is 9.51. The number of fused-ring (bicyclic) bond motifs is 1. The van der Waals surface area contributed by atoms with Gasteiger partial charge < -0.3 is 9.84 Å². The lowest BCUT2D eigenvalue weighted by Gasteiger charge is -2.36. The SMILES string of the molecule is CC(C)CCNC1(C)CCc2ccc(O)cc2O1. The molecule has 0 amide bonds. The Balaban J connectivity index is 2.01. The second kappa shape index (κ2) is 5.19. The van der Waals surface area contributed by atoms with E-state index in [1.807, 2.05) is 6.07 Å². The van der Waals surface area contributed by atoms with Crippen LogP contribution >= 0.6 is 0 Å². The molecule has 1 aromatic carbocycles. The molecule has 1 atom stereocenters. The molecule has 3 heteroatoms. The molecule has 0 saturated heterocycles. The van der Waals surface area contributed by atoms with Crippen molar-refractivity contribution in [1.82, 2.24) is 5.32 Å². The van der Waals surface area contributed by atoms with Gasteiger partial charge in [0.15, 0.2) is 5.72 Å². The maximum atomic E-state index is 9.51. The van der Waals surface area contributed by atoms with E-state index in [0.717, 1.165) is 31.6 Å². The van der Waals surface area contributed by atoms with E-state index < -0.39 is 0 Å². The van der Waals surface area contributed by atoms with Crippen molar-refractivity contribution in [3.05, 3.63) is 23.8 Å². The highest BCUT2D eigenvalue weighted by Gasteiger charge is 2.30. The fourth-order valence-electron chi connectivity index (χ4n) is 2.26. The first kappa shape index (κ1) is 13.2. The average Bonchev–Trinajstić information content (AvgIpc) is 2.27. The topological polar surface area (TPSA) is 41.5 Å². The molecule has 0 spiro atoms. The number of nitrogens with one attached hydrogen (secondary N) is 1. The van der Waals surface area contributed by atoms with Crippen LogP contribution in [-0.2, 0) is 6.42 Å². The second-order valence-electron chi connectivity index (χ2n) is 5.73. The summed E-state index contributed by atoms with van der Waals surface area (Å²) in [6.07, 6.45) is 3.09. The lowest BCUT2D eigenvalue weighted by Crippen LogP contribution is -2.50. The van der Waals surface area contributed by atoms with Gasteiger partial charge in [0.2, 0.25) is 0 Å². The number of phenols is 1. The molecular formula is C15H23NO2. The monoisotopic (exact) mass is 249 g/mol. The highest BCUT2D eigenvalue weighted by atomic mass is 16.5. The van der Waals surface area contributed by atoms with Crippen molar-refractivity contribution in [2.45, 2.75) is 45.8 Å². The van der Waals surface area contributed by atoms with E-state index in [0.29, 0.717) is 5.92 Å². The van der Waals surface area contributed by atoms with Gasteiger partial charge in [0, 0.05) is 12.5 Å². The average molecular weight is 249 g/mol. The minimum atomic E-state index is -0.310. The van der Waals surface area contributed by atoms with Crippen molar-refractivity contribution in [3.63, 3.8) is 0 Å². The normalized spacial score (nSPS) is 22.7. The Labute approximate surface area is 109 Å². The molecule has 1 aliphatic rings. The molecule has 0 saturated carbocycles. The van der Waals surface area contributed by atoms with Gasteiger partial charge in [-0.3, -0.25) is 5.32 Å². The van der Waals surface area contributed by atoms with Crippen LogP contribution in [0, 0.1) is 5.92 Å². The zero-order valence-electron chi connectivity index (χ0n) is 11.5. The lowest BCUT2D eigenvalue weighted by molar-refractivity contribution is 0.0294. The molecule has 1 aliphatic heterocycles. The molecule has 2 N–H and O–H groups in total. The quantitative estimate of drug-likeness (QED) is 0.861. The van der Waals surface area contributed by atoms with Crippen LogP contribution in [-0.4, -0.2) is 17.4 Å². The summed E-state index contributed by atoms with van der Waals surface area (Å²) < 4.78 is 6.01. The Morgan fingerprint density at radius 1 is 1.44 bits per heavy atom. The largest absolute Gasteiger partial charge is 0.508 e. The molecule has 1 unspecified atom stereocenters. The van der Waals surface area contributed by atoms with Crippen molar-refractivity contribution >= 4 is 0 Å². The van der Waals surface area contributed by atoms with Gasteiger partial charge in [0.05, 0.1) is 0 Å². The predicted octanol–water partition coefficient (Wildman–Crippen LogP) is 3.07. The van der Waals surface area contributed by atoms with Crippen molar-refractivity contribution in [2.75, 3.05) is 6.54 Å². The van der Waals surface area contributed by atoms with Crippen LogP contribution in [0.1, 0.15) is 39.2 Å². The number of rotatable bonds is 4. The summed E-state index contributed by atoms with van der Waals surface area (Å²) in [4.78, 5) is 0. The van der Waals surface area contributed by atoms with Gasteiger partial charge in [0.1, 0.15) is 11.5 Å². The molecule has 3 nitrogen and oxygen atoms in total. The molecule has 0 aliphatic carbocycles. The smallest absolute Gasteiger partial charge is 0.158 e. The van der Waals surface area contributed by atoms with E-state index in [1.54, 1.807) is 12.1 Å². The molecule has 18 heavy (non-hydrogen) atoms. The molecular weight excluding hydrogens is 226 g/mol. The fraction of sp³-hybridized carbons (Fsp3) is 0.600. The molecule has 100 valence electrons. The van der Waals surface area contributed by atoms with E-state index in [9.17, 15) is 5.11 Å². The Morgan fingerprint density at radius 3 is 2.94 bits per heavy atom. The van der Waals surface area contributed by atoms with Crippen molar-refractivity contribution in [3.8, 4) is 11.5 Å². The summed E-state index contributed by atoms with van der Waals surface area (Å²) >= 11 is 0. The van der Waals surface area contributed by atoms with Crippen LogP contribution in [0.5, 0.6) is 11.5 Å². The second-order valence-corrected chi connectivity index (χ2v) is 5.73. The first-order valence-electron chi connectivity index (χ1n) is 6.74. The van der Waals surface area contributed by atoms with Gasteiger partial charge in [-0.25, -0.2) is 0 Å². The van der Waals surface area contributed by atoms with Gasteiger partial charge in [-0.15, -0.1) is 0 Å². The first-order chi connectivity index (χ1) is 8.48. The van der Waals surface area contributed by atoms with E-state index in [-0.39, 0.29) is 11.5 Å². The lowest BCUT2D eigenvalue weighted by atomic mass is 9.98. The third kappa shape index (κ3) is 3.16. The molecule has 0 bridgehead atoms. The third-order valence-corrected chi connectivity index (χ3v) is 3.48. The summed E-state index contributed by atoms with van der Waals surface area (Å²) in [7, 11) is 0. The number of ether oxygens (including phenoxy) is 1. The van der Waals surface area contributed by atoms with Crippen LogP contribution in [0.3, 0.4) is 0 Å². The number of hydrogen-bond donors (Lipinski definition) is 2. The number of benzene rings is 1.